The number of pyridine rings is 1. The van der Waals surface area contributed by atoms with Crippen LogP contribution in [0.15, 0.2) is 12.3 Å². The summed E-state index contributed by atoms with van der Waals surface area (Å²) >= 11 is 6.38. The standard InChI is InChI=1S/C27H36ClN5O9P/c1-14(2)26(36)40-12-41-27(37)15(3)32-43(38)13-39-11-19-21(34)22(35)25(42-19)33-9-8-17-20(30-16-6-4-5-7-16)18(10-29)23(28)31-24(17)33/h8-9,14-16,19,21-22,25,34-35H,4-7,11-13H2,1-3H3,(H,30,31)(H,32,38)/q+1/t15-,19+,21+,22+,25+/m0/s1. The molecule has 2 aliphatic rings. The molecule has 0 spiro atoms. The molecule has 0 amide bonds. The summed E-state index contributed by atoms with van der Waals surface area (Å²) in [4.78, 5) is 27.9. The number of aliphatic hydroxyl groups excluding tert-OH is 2. The van der Waals surface area contributed by atoms with Crippen molar-refractivity contribution >= 4 is 48.2 Å². The van der Waals surface area contributed by atoms with E-state index in [1.54, 1.807) is 30.7 Å². The Balaban J connectivity index is 1.33. The second-order valence-corrected chi connectivity index (χ2v) is 12.5. The minimum atomic E-state index is -2.22. The van der Waals surface area contributed by atoms with E-state index >= 15 is 0 Å². The number of nitrogens with zero attached hydrogens (tertiary/aromatic N) is 3. The number of fused-ring (bicyclic) bond motifs is 1. The molecule has 1 saturated heterocycles. The first-order valence-electron chi connectivity index (χ1n) is 14.0. The number of anilines is 1. The lowest BCUT2D eigenvalue weighted by molar-refractivity contribution is -0.170. The van der Waals surface area contributed by atoms with E-state index in [1.165, 1.54) is 6.92 Å². The molecule has 2 aromatic rings. The average molecular weight is 641 g/mol. The summed E-state index contributed by atoms with van der Waals surface area (Å²) in [5, 5.41) is 37.8. The number of rotatable bonds is 13. The third-order valence-electron chi connectivity index (χ3n) is 7.30. The fourth-order valence-corrected chi connectivity index (χ4v) is 6.06. The summed E-state index contributed by atoms with van der Waals surface area (Å²) in [6.07, 6.45) is 0.781. The van der Waals surface area contributed by atoms with Crippen LogP contribution in [0.25, 0.3) is 11.0 Å². The molecule has 1 unspecified atom stereocenters. The van der Waals surface area contributed by atoms with E-state index in [2.05, 4.69) is 21.5 Å². The van der Waals surface area contributed by atoms with Crippen molar-refractivity contribution in [2.24, 2.45) is 5.92 Å². The van der Waals surface area contributed by atoms with Crippen molar-refractivity contribution in [3.63, 3.8) is 0 Å². The molecule has 4 N–H and O–H groups in total. The minimum absolute atomic E-state index is 0.00866. The zero-order valence-electron chi connectivity index (χ0n) is 24.1. The van der Waals surface area contributed by atoms with Gasteiger partial charge in [-0.1, -0.05) is 43.4 Å². The van der Waals surface area contributed by atoms with Gasteiger partial charge in [0.2, 0.25) is 6.79 Å². The van der Waals surface area contributed by atoms with Crippen LogP contribution in [0, 0.1) is 17.2 Å². The number of nitriles is 1. The highest BCUT2D eigenvalue weighted by Crippen LogP contribution is 2.38. The first kappa shape index (κ1) is 33.0. The van der Waals surface area contributed by atoms with Gasteiger partial charge in [0.15, 0.2) is 11.4 Å². The predicted molar refractivity (Wildman–Crippen MR) is 154 cm³/mol. The fraction of sp³-hybridized carbons (Fsp3) is 0.630. The smallest absolute Gasteiger partial charge is 0.428 e. The Kier molecular flexibility index (Phi) is 11.3. The highest BCUT2D eigenvalue weighted by atomic mass is 35.5. The maximum Gasteiger partial charge on any atom is 0.461 e. The number of aliphatic hydroxyl groups is 2. The number of ether oxygens (including phenoxy) is 4. The van der Waals surface area contributed by atoms with Crippen LogP contribution in [0.5, 0.6) is 0 Å². The molecule has 3 heterocycles. The van der Waals surface area contributed by atoms with Gasteiger partial charge in [-0.2, -0.15) is 5.26 Å². The van der Waals surface area contributed by atoms with E-state index in [4.69, 9.17) is 30.5 Å². The van der Waals surface area contributed by atoms with E-state index in [0.717, 1.165) is 25.7 Å². The van der Waals surface area contributed by atoms with E-state index in [-0.39, 0.29) is 35.6 Å². The molecule has 16 heteroatoms. The predicted octanol–water partition coefficient (Wildman–Crippen LogP) is 2.93. The molecular weight excluding hydrogens is 605 g/mol. The van der Waals surface area contributed by atoms with Crippen LogP contribution in [-0.4, -0.2) is 81.8 Å². The van der Waals surface area contributed by atoms with Crippen molar-refractivity contribution in [3.05, 3.63) is 23.0 Å². The highest BCUT2D eigenvalue weighted by molar-refractivity contribution is 7.42. The van der Waals surface area contributed by atoms with Crippen LogP contribution in [0.4, 0.5) is 5.69 Å². The van der Waals surface area contributed by atoms with Gasteiger partial charge in [-0.3, -0.25) is 9.59 Å². The fourth-order valence-electron chi connectivity index (χ4n) is 4.96. The Morgan fingerprint density at radius 2 is 1.93 bits per heavy atom. The molecule has 0 bridgehead atoms. The van der Waals surface area contributed by atoms with Gasteiger partial charge >= 0.3 is 19.9 Å². The lowest BCUT2D eigenvalue weighted by Gasteiger charge is -2.19. The maximum atomic E-state index is 12.4. The molecule has 1 aliphatic carbocycles. The van der Waals surface area contributed by atoms with Crippen LogP contribution in [0.3, 0.4) is 0 Å². The Bertz CT molecular complexity index is 1380. The van der Waals surface area contributed by atoms with Crippen molar-refractivity contribution < 1.29 is 43.3 Å². The van der Waals surface area contributed by atoms with Crippen LogP contribution in [-0.2, 0) is 33.1 Å². The topological polar surface area (TPSA) is 194 Å². The molecule has 1 saturated carbocycles. The number of halogens is 1. The molecule has 2 fully saturated rings. The second-order valence-electron chi connectivity index (χ2n) is 10.8. The largest absolute Gasteiger partial charge is 0.461 e. The molecule has 4 rings (SSSR count). The first-order chi connectivity index (χ1) is 20.5. The van der Waals surface area contributed by atoms with Gasteiger partial charge in [-0.15, -0.1) is 0 Å². The Morgan fingerprint density at radius 1 is 1.23 bits per heavy atom. The number of aromatic nitrogens is 2. The van der Waals surface area contributed by atoms with Crippen molar-refractivity contribution in [2.45, 2.75) is 83.1 Å². The molecule has 14 nitrogen and oxygen atoms in total. The molecule has 6 atom stereocenters. The SMILES string of the molecule is CC(C)C(=O)OCOC(=O)[C@H](C)N[P+](=O)COC[C@H]1O[C@@H](n2ccc3c(NC4CCCC4)c(C#N)c(Cl)nc32)[C@H](O)[C@@H]1O. The van der Waals surface area contributed by atoms with Gasteiger partial charge in [-0.25, -0.2) is 4.98 Å². The zero-order chi connectivity index (χ0) is 31.3. The monoisotopic (exact) mass is 640 g/mol. The summed E-state index contributed by atoms with van der Waals surface area (Å²) in [6.45, 7) is 3.96. The summed E-state index contributed by atoms with van der Waals surface area (Å²) in [6, 6.07) is 3.11. The van der Waals surface area contributed by atoms with Crippen LogP contribution >= 0.6 is 19.6 Å². The third kappa shape index (κ3) is 7.80. The van der Waals surface area contributed by atoms with Crippen molar-refractivity contribution in [1.29, 1.82) is 5.26 Å². The van der Waals surface area contributed by atoms with Gasteiger partial charge in [0, 0.05) is 17.6 Å². The summed E-state index contributed by atoms with van der Waals surface area (Å²) in [5.74, 6) is -1.65. The lowest BCUT2D eigenvalue weighted by Crippen LogP contribution is -2.34. The highest BCUT2D eigenvalue weighted by Gasteiger charge is 2.44. The second kappa shape index (κ2) is 14.7. The first-order valence-corrected chi connectivity index (χ1v) is 15.8. The molecule has 43 heavy (non-hydrogen) atoms. The van der Waals surface area contributed by atoms with E-state index in [9.17, 15) is 29.6 Å². The maximum absolute atomic E-state index is 12.4. The number of carbonyl (C=O) groups is 2. The molecule has 0 aromatic carbocycles. The Morgan fingerprint density at radius 3 is 2.60 bits per heavy atom. The molecule has 0 radical (unpaired) electrons. The van der Waals surface area contributed by atoms with Crippen LogP contribution in [0.2, 0.25) is 5.15 Å². The van der Waals surface area contributed by atoms with E-state index in [0.29, 0.717) is 16.7 Å². The van der Waals surface area contributed by atoms with Crippen LogP contribution < -0.4 is 10.4 Å². The lowest BCUT2D eigenvalue weighted by atomic mass is 10.1. The molecule has 1 aliphatic heterocycles. The number of hydrogen-bond acceptors (Lipinski definition) is 12. The van der Waals surface area contributed by atoms with Crippen molar-refractivity contribution in [2.75, 3.05) is 25.1 Å². The van der Waals surface area contributed by atoms with Crippen molar-refractivity contribution in [3.8, 4) is 6.07 Å². The number of hydrogen-bond donors (Lipinski definition) is 4. The number of esters is 2. The van der Waals surface area contributed by atoms with Crippen LogP contribution in [0.1, 0.15) is 58.2 Å². The zero-order valence-corrected chi connectivity index (χ0v) is 25.7. The minimum Gasteiger partial charge on any atom is -0.428 e. The Hall–Kier alpha value is -2.89. The van der Waals surface area contributed by atoms with Gasteiger partial charge in [-0.05, 0) is 30.4 Å². The quantitative estimate of drug-likeness (QED) is 0.108. The van der Waals surface area contributed by atoms with Gasteiger partial charge in [0.1, 0.15) is 41.6 Å². The number of carbonyl (C=O) groups excluding carboxylic acids is 2. The third-order valence-corrected chi connectivity index (χ3v) is 8.67. The molecule has 2 aromatic heterocycles. The van der Waals surface area contributed by atoms with E-state index in [1.807, 2.05) is 0 Å². The summed E-state index contributed by atoms with van der Waals surface area (Å²) < 4.78 is 35.0. The summed E-state index contributed by atoms with van der Waals surface area (Å²) in [7, 11) is -2.22. The van der Waals surface area contributed by atoms with Gasteiger partial charge in [0.05, 0.1) is 18.2 Å². The van der Waals surface area contributed by atoms with Gasteiger partial charge < -0.3 is 39.0 Å². The number of nitrogens with one attached hydrogen (secondary N) is 2. The van der Waals surface area contributed by atoms with Crippen molar-refractivity contribution in [1.82, 2.24) is 14.6 Å². The molecule has 234 valence electrons. The normalized spacial score (nSPS) is 23.3. The van der Waals surface area contributed by atoms with Gasteiger partial charge in [0.25, 0.3) is 6.35 Å². The average Bonchev–Trinajstić information content (AvgIpc) is 3.69. The summed E-state index contributed by atoms with van der Waals surface area (Å²) in [5.41, 5.74) is 1.18. The Labute approximate surface area is 254 Å². The molecular formula is C27H36ClN5O9P+. The van der Waals surface area contributed by atoms with E-state index < -0.39 is 57.3 Å².